The molecule has 2 atom stereocenters. The standard InChI is InChI=1S/C18H36/c1-5-9-13-17(11-7-3)15-16-18(12-8-4)14-10-6-2/h15-18H,5-14H2,1-4H3/b16-15+. The van der Waals surface area contributed by atoms with Crippen molar-refractivity contribution >= 4 is 0 Å². The topological polar surface area (TPSA) is 0 Å². The number of rotatable bonds is 12. The lowest BCUT2D eigenvalue weighted by molar-refractivity contribution is 0.487. The van der Waals surface area contributed by atoms with Crippen molar-refractivity contribution in [3.63, 3.8) is 0 Å². The molecule has 0 spiro atoms. The lowest BCUT2D eigenvalue weighted by atomic mass is 9.91. The molecule has 108 valence electrons. The summed E-state index contributed by atoms with van der Waals surface area (Å²) in [4.78, 5) is 0. The average molecular weight is 252 g/mol. The summed E-state index contributed by atoms with van der Waals surface area (Å²) < 4.78 is 0. The molecule has 0 aliphatic carbocycles. The Labute approximate surface area is 116 Å². The van der Waals surface area contributed by atoms with Gasteiger partial charge in [-0.15, -0.1) is 0 Å². The van der Waals surface area contributed by atoms with Gasteiger partial charge >= 0.3 is 0 Å². The van der Waals surface area contributed by atoms with Crippen LogP contribution in [0.1, 0.15) is 91.9 Å². The molecule has 0 aliphatic heterocycles. The van der Waals surface area contributed by atoms with E-state index in [4.69, 9.17) is 0 Å². The number of unbranched alkanes of at least 4 members (excludes halogenated alkanes) is 2. The molecule has 0 N–H and O–H groups in total. The van der Waals surface area contributed by atoms with Crippen LogP contribution in [0.25, 0.3) is 0 Å². The Morgan fingerprint density at radius 3 is 1.22 bits per heavy atom. The summed E-state index contributed by atoms with van der Waals surface area (Å²) in [6.07, 6.45) is 18.8. The maximum atomic E-state index is 2.55. The molecule has 0 heterocycles. The highest BCUT2D eigenvalue weighted by Gasteiger charge is 2.06. The van der Waals surface area contributed by atoms with Crippen molar-refractivity contribution in [2.75, 3.05) is 0 Å². The van der Waals surface area contributed by atoms with E-state index in [1.807, 2.05) is 0 Å². The van der Waals surface area contributed by atoms with E-state index in [1.54, 1.807) is 0 Å². The zero-order valence-electron chi connectivity index (χ0n) is 13.4. The van der Waals surface area contributed by atoms with Crippen LogP contribution in [-0.2, 0) is 0 Å². The van der Waals surface area contributed by atoms with Crippen LogP contribution in [0.15, 0.2) is 12.2 Å². The van der Waals surface area contributed by atoms with Crippen molar-refractivity contribution in [3.8, 4) is 0 Å². The van der Waals surface area contributed by atoms with Gasteiger partial charge in [0.15, 0.2) is 0 Å². The minimum atomic E-state index is 0.843. The number of hydrogen-bond acceptors (Lipinski definition) is 0. The molecule has 0 aromatic carbocycles. The molecule has 0 bridgehead atoms. The van der Waals surface area contributed by atoms with Crippen molar-refractivity contribution in [3.05, 3.63) is 12.2 Å². The molecule has 0 aromatic heterocycles. The Morgan fingerprint density at radius 2 is 0.944 bits per heavy atom. The van der Waals surface area contributed by atoms with Gasteiger partial charge in [-0.05, 0) is 37.5 Å². The van der Waals surface area contributed by atoms with Gasteiger partial charge in [0, 0.05) is 0 Å². The Bertz CT molecular complexity index is 160. The summed E-state index contributed by atoms with van der Waals surface area (Å²) in [7, 11) is 0. The zero-order valence-corrected chi connectivity index (χ0v) is 13.4. The smallest absolute Gasteiger partial charge is 0.0234 e. The molecule has 0 saturated heterocycles. The SMILES string of the molecule is CCCCC(/C=C/C(CCC)CCCC)CCC. The van der Waals surface area contributed by atoms with Crippen LogP contribution in [-0.4, -0.2) is 0 Å². The third-order valence-corrected chi connectivity index (χ3v) is 3.83. The second-order valence-electron chi connectivity index (χ2n) is 5.77. The van der Waals surface area contributed by atoms with E-state index in [9.17, 15) is 0 Å². The zero-order chi connectivity index (χ0) is 13.6. The van der Waals surface area contributed by atoms with Crippen LogP contribution in [0, 0.1) is 11.8 Å². The first-order valence-electron chi connectivity index (χ1n) is 8.46. The monoisotopic (exact) mass is 252 g/mol. The van der Waals surface area contributed by atoms with E-state index < -0.39 is 0 Å². The van der Waals surface area contributed by atoms with E-state index in [0.717, 1.165) is 11.8 Å². The minimum absolute atomic E-state index is 0.843. The molecule has 0 amide bonds. The summed E-state index contributed by atoms with van der Waals surface area (Å²) in [5.41, 5.74) is 0. The van der Waals surface area contributed by atoms with Gasteiger partial charge in [-0.2, -0.15) is 0 Å². The second kappa shape index (κ2) is 13.2. The Kier molecular flexibility index (Phi) is 13.0. The molecule has 2 unspecified atom stereocenters. The maximum absolute atomic E-state index is 2.55. The van der Waals surface area contributed by atoms with Gasteiger partial charge in [0.25, 0.3) is 0 Å². The van der Waals surface area contributed by atoms with Crippen LogP contribution < -0.4 is 0 Å². The van der Waals surface area contributed by atoms with Gasteiger partial charge in [-0.3, -0.25) is 0 Å². The largest absolute Gasteiger partial charge is 0.0851 e. The summed E-state index contributed by atoms with van der Waals surface area (Å²) in [6.45, 7) is 9.22. The van der Waals surface area contributed by atoms with Crippen LogP contribution >= 0.6 is 0 Å². The first-order valence-corrected chi connectivity index (χ1v) is 8.46. The Morgan fingerprint density at radius 1 is 0.556 bits per heavy atom. The van der Waals surface area contributed by atoms with Gasteiger partial charge in [-0.25, -0.2) is 0 Å². The Hall–Kier alpha value is -0.260. The summed E-state index contributed by atoms with van der Waals surface area (Å²) in [5, 5.41) is 0. The van der Waals surface area contributed by atoms with Gasteiger partial charge in [0.2, 0.25) is 0 Å². The number of hydrogen-bond donors (Lipinski definition) is 0. The fourth-order valence-electron chi connectivity index (χ4n) is 2.66. The number of allylic oxidation sites excluding steroid dienone is 2. The van der Waals surface area contributed by atoms with Gasteiger partial charge < -0.3 is 0 Å². The predicted molar refractivity (Wildman–Crippen MR) is 85.0 cm³/mol. The lowest BCUT2D eigenvalue weighted by Crippen LogP contribution is -2.00. The van der Waals surface area contributed by atoms with E-state index in [2.05, 4.69) is 39.8 Å². The fourth-order valence-corrected chi connectivity index (χ4v) is 2.66. The van der Waals surface area contributed by atoms with Crippen LogP contribution in [0.2, 0.25) is 0 Å². The first-order chi connectivity index (χ1) is 8.78. The predicted octanol–water partition coefficient (Wildman–Crippen LogP) is 6.76. The van der Waals surface area contributed by atoms with Crippen molar-refractivity contribution in [1.29, 1.82) is 0 Å². The fraction of sp³-hybridized carbons (Fsp3) is 0.889. The van der Waals surface area contributed by atoms with Gasteiger partial charge in [0.1, 0.15) is 0 Å². The van der Waals surface area contributed by atoms with Crippen LogP contribution in [0.5, 0.6) is 0 Å². The molecule has 0 saturated carbocycles. The average Bonchev–Trinajstić information content (AvgIpc) is 2.38. The molecule has 18 heavy (non-hydrogen) atoms. The van der Waals surface area contributed by atoms with Crippen molar-refractivity contribution in [2.24, 2.45) is 11.8 Å². The molecular formula is C18H36. The van der Waals surface area contributed by atoms with Crippen LogP contribution in [0.4, 0.5) is 0 Å². The summed E-state index contributed by atoms with van der Waals surface area (Å²) >= 11 is 0. The third kappa shape index (κ3) is 9.74. The molecule has 0 fully saturated rings. The molecule has 0 aromatic rings. The highest BCUT2D eigenvalue weighted by molar-refractivity contribution is 4.92. The quantitative estimate of drug-likeness (QED) is 0.337. The lowest BCUT2D eigenvalue weighted by Gasteiger charge is -2.14. The van der Waals surface area contributed by atoms with Crippen molar-refractivity contribution in [2.45, 2.75) is 91.9 Å². The molecule has 0 rings (SSSR count). The minimum Gasteiger partial charge on any atom is -0.0851 e. The normalized spacial score (nSPS) is 15.1. The van der Waals surface area contributed by atoms with Crippen molar-refractivity contribution in [1.82, 2.24) is 0 Å². The molecule has 0 aliphatic rings. The van der Waals surface area contributed by atoms with E-state index in [1.165, 1.54) is 64.2 Å². The van der Waals surface area contributed by atoms with E-state index >= 15 is 0 Å². The highest BCUT2D eigenvalue weighted by Crippen LogP contribution is 2.21. The Balaban J connectivity index is 4.19. The van der Waals surface area contributed by atoms with Crippen LogP contribution in [0.3, 0.4) is 0 Å². The first kappa shape index (κ1) is 17.7. The second-order valence-corrected chi connectivity index (χ2v) is 5.77. The highest BCUT2D eigenvalue weighted by atomic mass is 14.1. The van der Waals surface area contributed by atoms with E-state index in [0.29, 0.717) is 0 Å². The molecule has 0 heteroatoms. The molecule has 0 nitrogen and oxygen atoms in total. The third-order valence-electron chi connectivity index (χ3n) is 3.83. The van der Waals surface area contributed by atoms with Gasteiger partial charge in [0.05, 0.1) is 0 Å². The summed E-state index contributed by atoms with van der Waals surface area (Å²) in [6, 6.07) is 0. The summed E-state index contributed by atoms with van der Waals surface area (Å²) in [5.74, 6) is 1.69. The van der Waals surface area contributed by atoms with E-state index in [-0.39, 0.29) is 0 Å². The molecular weight excluding hydrogens is 216 g/mol. The van der Waals surface area contributed by atoms with Gasteiger partial charge in [-0.1, -0.05) is 78.4 Å². The van der Waals surface area contributed by atoms with Crippen molar-refractivity contribution < 1.29 is 0 Å². The molecule has 0 radical (unpaired) electrons. The maximum Gasteiger partial charge on any atom is -0.0234 e.